The van der Waals surface area contributed by atoms with Crippen LogP contribution in [0.2, 0.25) is 0 Å². The molecule has 0 fully saturated rings. The number of phenols is 1. The summed E-state index contributed by atoms with van der Waals surface area (Å²) in [4.78, 5) is 11.6. The predicted molar refractivity (Wildman–Crippen MR) is 91.1 cm³/mol. The number of alkyl carbamates (subject to hydrolysis) is 1. The van der Waals surface area contributed by atoms with Gasteiger partial charge in [0.25, 0.3) is 0 Å². The Balaban J connectivity index is 1.67. The van der Waals surface area contributed by atoms with Crippen molar-refractivity contribution in [2.45, 2.75) is 20.0 Å². The van der Waals surface area contributed by atoms with Crippen LogP contribution in [0, 0.1) is 6.92 Å². The Morgan fingerprint density at radius 1 is 1.17 bits per heavy atom. The normalized spacial score (nSPS) is 10.7. The average molecular weight is 311 g/mol. The van der Waals surface area contributed by atoms with Gasteiger partial charge in [-0.25, -0.2) is 4.79 Å². The lowest BCUT2D eigenvalue weighted by atomic mass is 10.1. The largest absolute Gasteiger partial charge is 0.508 e. The van der Waals surface area contributed by atoms with Gasteiger partial charge in [-0.2, -0.15) is 0 Å². The molecule has 0 atom stereocenters. The zero-order chi connectivity index (χ0) is 16.5. The molecule has 0 saturated carbocycles. The summed E-state index contributed by atoms with van der Waals surface area (Å²) in [5.41, 5.74) is 2.78. The highest BCUT2D eigenvalue weighted by atomic mass is 16.5. The van der Waals surface area contributed by atoms with E-state index in [2.05, 4.69) is 5.32 Å². The highest BCUT2D eigenvalue weighted by Crippen LogP contribution is 2.20. The first-order valence-corrected chi connectivity index (χ1v) is 7.56. The molecule has 0 radical (unpaired) electrons. The zero-order valence-corrected chi connectivity index (χ0v) is 13.2. The van der Waals surface area contributed by atoms with Crippen molar-refractivity contribution in [3.8, 4) is 5.75 Å². The molecule has 4 heteroatoms. The summed E-state index contributed by atoms with van der Waals surface area (Å²) >= 11 is 0. The Labute approximate surface area is 136 Å². The molecule has 23 heavy (non-hydrogen) atoms. The van der Waals surface area contributed by atoms with Crippen molar-refractivity contribution in [3.63, 3.8) is 0 Å². The van der Waals surface area contributed by atoms with Crippen molar-refractivity contribution in [3.05, 3.63) is 71.3 Å². The predicted octanol–water partition coefficient (Wildman–Crippen LogP) is 4.03. The Hall–Kier alpha value is -2.75. The number of hydrogen-bond donors (Lipinski definition) is 2. The molecule has 0 unspecified atom stereocenters. The second kappa shape index (κ2) is 8.63. The molecule has 4 nitrogen and oxygen atoms in total. The SMILES string of the molecule is Cc1c(O)cccc1C=CCCNC(=O)OCc1ccccc1. The van der Waals surface area contributed by atoms with Gasteiger partial charge in [0.05, 0.1) is 0 Å². The Morgan fingerprint density at radius 3 is 2.74 bits per heavy atom. The molecule has 0 spiro atoms. The number of rotatable bonds is 6. The summed E-state index contributed by atoms with van der Waals surface area (Å²) in [6.45, 7) is 2.64. The van der Waals surface area contributed by atoms with Crippen molar-refractivity contribution in [1.29, 1.82) is 0 Å². The van der Waals surface area contributed by atoms with E-state index in [1.54, 1.807) is 12.1 Å². The number of nitrogens with one attached hydrogen (secondary N) is 1. The van der Waals surface area contributed by atoms with Crippen LogP contribution in [0.3, 0.4) is 0 Å². The first kappa shape index (κ1) is 16.6. The van der Waals surface area contributed by atoms with Crippen molar-refractivity contribution >= 4 is 12.2 Å². The van der Waals surface area contributed by atoms with Crippen LogP contribution in [0.25, 0.3) is 6.08 Å². The van der Waals surface area contributed by atoms with Gasteiger partial charge in [-0.3, -0.25) is 0 Å². The molecular weight excluding hydrogens is 290 g/mol. The Kier molecular flexibility index (Phi) is 6.24. The number of phenolic OH excluding ortho intramolecular Hbond substituents is 1. The van der Waals surface area contributed by atoms with E-state index in [-0.39, 0.29) is 12.4 Å². The monoisotopic (exact) mass is 311 g/mol. The van der Waals surface area contributed by atoms with Crippen LogP contribution >= 0.6 is 0 Å². The number of aromatic hydroxyl groups is 1. The second-order valence-corrected chi connectivity index (χ2v) is 5.17. The van der Waals surface area contributed by atoms with Crippen LogP contribution in [0.1, 0.15) is 23.1 Å². The van der Waals surface area contributed by atoms with Gasteiger partial charge in [0, 0.05) is 6.54 Å². The quantitative estimate of drug-likeness (QED) is 0.792. The number of amides is 1. The van der Waals surface area contributed by atoms with Gasteiger partial charge in [-0.05, 0) is 36.1 Å². The van der Waals surface area contributed by atoms with Crippen LogP contribution in [0.5, 0.6) is 5.75 Å². The van der Waals surface area contributed by atoms with Gasteiger partial charge in [0.1, 0.15) is 12.4 Å². The molecule has 0 saturated heterocycles. The summed E-state index contributed by atoms with van der Waals surface area (Å²) < 4.78 is 5.12. The smallest absolute Gasteiger partial charge is 0.407 e. The molecule has 1 amide bonds. The fourth-order valence-corrected chi connectivity index (χ4v) is 2.06. The fourth-order valence-electron chi connectivity index (χ4n) is 2.06. The third-order valence-corrected chi connectivity index (χ3v) is 3.44. The molecule has 0 heterocycles. The lowest BCUT2D eigenvalue weighted by Crippen LogP contribution is -2.24. The first-order chi connectivity index (χ1) is 11.2. The van der Waals surface area contributed by atoms with Crippen molar-refractivity contribution in [2.24, 2.45) is 0 Å². The molecule has 2 rings (SSSR count). The minimum absolute atomic E-state index is 0.269. The van der Waals surface area contributed by atoms with Crippen LogP contribution < -0.4 is 5.32 Å². The minimum Gasteiger partial charge on any atom is -0.508 e. The van der Waals surface area contributed by atoms with Gasteiger partial charge >= 0.3 is 6.09 Å². The molecule has 2 aromatic rings. The molecule has 2 aromatic carbocycles. The minimum atomic E-state index is -0.421. The Bertz CT molecular complexity index is 666. The second-order valence-electron chi connectivity index (χ2n) is 5.17. The van der Waals surface area contributed by atoms with E-state index in [9.17, 15) is 9.90 Å². The van der Waals surface area contributed by atoms with E-state index >= 15 is 0 Å². The van der Waals surface area contributed by atoms with E-state index in [4.69, 9.17) is 4.74 Å². The summed E-state index contributed by atoms with van der Waals surface area (Å²) in [6.07, 6.45) is 4.16. The molecule has 0 aliphatic heterocycles. The summed E-state index contributed by atoms with van der Waals surface area (Å²) in [5.74, 6) is 0.287. The molecule has 2 N–H and O–H groups in total. The standard InChI is InChI=1S/C19H21NO3/c1-15-17(11-7-12-18(15)21)10-5-6-13-20-19(22)23-14-16-8-3-2-4-9-16/h2-5,7-12,21H,6,13-14H2,1H3,(H,20,22). The number of ether oxygens (including phenoxy) is 1. The fraction of sp³-hybridized carbons (Fsp3) is 0.211. The molecule has 0 aliphatic rings. The third-order valence-electron chi connectivity index (χ3n) is 3.44. The van der Waals surface area contributed by atoms with E-state index in [0.29, 0.717) is 13.0 Å². The average Bonchev–Trinajstić information content (AvgIpc) is 2.57. The van der Waals surface area contributed by atoms with Crippen LogP contribution in [0.4, 0.5) is 4.79 Å². The highest BCUT2D eigenvalue weighted by Gasteiger charge is 2.01. The number of carbonyl (C=O) groups excluding carboxylic acids is 1. The Morgan fingerprint density at radius 2 is 1.96 bits per heavy atom. The summed E-state index contributed by atoms with van der Waals surface area (Å²) in [5, 5.41) is 12.3. The van der Waals surface area contributed by atoms with Crippen molar-refractivity contribution in [2.75, 3.05) is 6.54 Å². The maximum absolute atomic E-state index is 11.6. The van der Waals surface area contributed by atoms with E-state index in [0.717, 1.165) is 16.7 Å². The van der Waals surface area contributed by atoms with E-state index < -0.39 is 6.09 Å². The maximum atomic E-state index is 11.6. The number of hydrogen-bond acceptors (Lipinski definition) is 3. The van der Waals surface area contributed by atoms with Crippen LogP contribution in [-0.4, -0.2) is 17.7 Å². The van der Waals surface area contributed by atoms with Gasteiger partial charge in [0.2, 0.25) is 0 Å². The van der Waals surface area contributed by atoms with Gasteiger partial charge in [-0.15, -0.1) is 0 Å². The van der Waals surface area contributed by atoms with E-state index in [1.165, 1.54) is 0 Å². The molecule has 120 valence electrons. The molecule has 0 aliphatic carbocycles. The van der Waals surface area contributed by atoms with Gasteiger partial charge in [-0.1, -0.05) is 54.6 Å². The van der Waals surface area contributed by atoms with Crippen molar-refractivity contribution in [1.82, 2.24) is 5.32 Å². The van der Waals surface area contributed by atoms with Gasteiger partial charge in [0.15, 0.2) is 0 Å². The van der Waals surface area contributed by atoms with Crippen molar-refractivity contribution < 1.29 is 14.6 Å². The molecular formula is C19H21NO3. The lowest BCUT2D eigenvalue weighted by molar-refractivity contribution is 0.140. The molecule has 0 aromatic heterocycles. The summed E-state index contributed by atoms with van der Waals surface area (Å²) in [7, 11) is 0. The lowest BCUT2D eigenvalue weighted by Gasteiger charge is -2.06. The highest BCUT2D eigenvalue weighted by molar-refractivity contribution is 5.67. The van der Waals surface area contributed by atoms with E-state index in [1.807, 2.05) is 55.5 Å². The maximum Gasteiger partial charge on any atom is 0.407 e. The van der Waals surface area contributed by atoms with Crippen LogP contribution in [-0.2, 0) is 11.3 Å². The number of benzene rings is 2. The molecule has 0 bridgehead atoms. The van der Waals surface area contributed by atoms with Gasteiger partial charge < -0.3 is 15.2 Å². The summed E-state index contributed by atoms with van der Waals surface area (Å²) in [6, 6.07) is 15.0. The number of carbonyl (C=O) groups is 1. The van der Waals surface area contributed by atoms with Crippen LogP contribution in [0.15, 0.2) is 54.6 Å². The zero-order valence-electron chi connectivity index (χ0n) is 13.2. The topological polar surface area (TPSA) is 58.6 Å². The third kappa shape index (κ3) is 5.51. The first-order valence-electron chi connectivity index (χ1n) is 7.56.